The highest BCUT2D eigenvalue weighted by Crippen LogP contribution is 2.32. The predicted molar refractivity (Wildman–Crippen MR) is 110 cm³/mol. The molecule has 1 spiro atoms. The van der Waals surface area contributed by atoms with Crippen molar-refractivity contribution in [2.75, 3.05) is 40.3 Å². The second kappa shape index (κ2) is 7.28. The van der Waals surface area contributed by atoms with Crippen LogP contribution in [-0.2, 0) is 17.9 Å². The molecule has 2 aliphatic heterocycles. The van der Waals surface area contributed by atoms with Crippen molar-refractivity contribution in [1.82, 2.24) is 19.3 Å². The Morgan fingerprint density at radius 1 is 1.07 bits per heavy atom. The zero-order chi connectivity index (χ0) is 19.0. The Hall–Kier alpha value is -1.85. The fraction of sp³-hybridized carbons (Fsp3) is 0.591. The Morgan fingerprint density at radius 3 is 2.74 bits per heavy atom. The molecule has 146 valence electrons. The highest BCUT2D eigenvalue weighted by atomic mass is 16.2. The standard InChI is InChI=1S/C22H32N4O/c1-4-26-11-8-19-15-18(5-6-20(19)26)16-25-14-13-24(3)22(17-25)9-7-21(27)23(2)12-10-22/h5-6,8,11,15H,4,7,9-10,12-14,16-17H2,1-3H3/t22-/m1/s1. The van der Waals surface area contributed by atoms with Crippen LogP contribution < -0.4 is 0 Å². The normalized spacial score (nSPS) is 25.4. The van der Waals surface area contributed by atoms with Gasteiger partial charge in [-0.05, 0) is 56.0 Å². The van der Waals surface area contributed by atoms with E-state index in [4.69, 9.17) is 0 Å². The van der Waals surface area contributed by atoms with Crippen LogP contribution in [0.3, 0.4) is 0 Å². The molecule has 2 aliphatic rings. The van der Waals surface area contributed by atoms with Crippen LogP contribution in [0.15, 0.2) is 30.5 Å². The van der Waals surface area contributed by atoms with Crippen LogP contribution in [0.25, 0.3) is 10.9 Å². The van der Waals surface area contributed by atoms with E-state index in [-0.39, 0.29) is 5.54 Å². The fourth-order valence-electron chi connectivity index (χ4n) is 4.86. The third kappa shape index (κ3) is 3.50. The number of likely N-dealkylation sites (N-methyl/N-ethyl adjacent to an activating group) is 1. The first-order valence-corrected chi connectivity index (χ1v) is 10.3. The number of amides is 1. The molecule has 4 rings (SSSR count). The summed E-state index contributed by atoms with van der Waals surface area (Å²) in [5.41, 5.74) is 2.84. The molecular formula is C22H32N4O. The van der Waals surface area contributed by atoms with Gasteiger partial charge >= 0.3 is 0 Å². The second-order valence-corrected chi connectivity index (χ2v) is 8.42. The van der Waals surface area contributed by atoms with Crippen molar-refractivity contribution in [3.05, 3.63) is 36.0 Å². The Bertz CT molecular complexity index is 829. The van der Waals surface area contributed by atoms with Crippen molar-refractivity contribution >= 4 is 16.8 Å². The largest absolute Gasteiger partial charge is 0.348 e. The van der Waals surface area contributed by atoms with Gasteiger partial charge in [0.25, 0.3) is 0 Å². The van der Waals surface area contributed by atoms with Crippen LogP contribution in [0.5, 0.6) is 0 Å². The molecule has 2 aromatic rings. The number of benzene rings is 1. The number of hydrogen-bond acceptors (Lipinski definition) is 3. The van der Waals surface area contributed by atoms with Gasteiger partial charge < -0.3 is 9.47 Å². The van der Waals surface area contributed by atoms with E-state index in [0.717, 1.165) is 52.1 Å². The van der Waals surface area contributed by atoms with Gasteiger partial charge in [-0.3, -0.25) is 14.6 Å². The SMILES string of the molecule is CCn1ccc2cc(CN3CCN(C)[C@@]4(CCC(=O)N(C)CC4)C3)ccc21. The number of piperazine rings is 1. The number of nitrogens with zero attached hydrogens (tertiary/aromatic N) is 4. The van der Waals surface area contributed by atoms with E-state index in [9.17, 15) is 4.79 Å². The average molecular weight is 369 g/mol. The van der Waals surface area contributed by atoms with Gasteiger partial charge in [-0.15, -0.1) is 0 Å². The van der Waals surface area contributed by atoms with Gasteiger partial charge in [-0.2, -0.15) is 0 Å². The highest BCUT2D eigenvalue weighted by Gasteiger charge is 2.41. The lowest BCUT2D eigenvalue weighted by atomic mass is 9.86. The Labute approximate surface area is 162 Å². The van der Waals surface area contributed by atoms with Gasteiger partial charge in [-0.1, -0.05) is 6.07 Å². The summed E-state index contributed by atoms with van der Waals surface area (Å²) in [7, 11) is 4.19. The summed E-state index contributed by atoms with van der Waals surface area (Å²) in [6.07, 6.45) is 4.89. The number of carbonyl (C=O) groups is 1. The van der Waals surface area contributed by atoms with Crippen molar-refractivity contribution in [3.8, 4) is 0 Å². The molecule has 0 radical (unpaired) electrons. The Morgan fingerprint density at radius 2 is 1.93 bits per heavy atom. The number of rotatable bonds is 3. The van der Waals surface area contributed by atoms with Crippen LogP contribution in [0.2, 0.25) is 0 Å². The van der Waals surface area contributed by atoms with E-state index in [2.05, 4.69) is 58.8 Å². The maximum Gasteiger partial charge on any atom is 0.222 e. The van der Waals surface area contributed by atoms with Gasteiger partial charge in [-0.25, -0.2) is 0 Å². The van der Waals surface area contributed by atoms with Crippen LogP contribution in [0.1, 0.15) is 31.7 Å². The summed E-state index contributed by atoms with van der Waals surface area (Å²) in [5.74, 6) is 0.295. The molecule has 1 atom stereocenters. The third-order valence-corrected chi connectivity index (χ3v) is 6.80. The first-order chi connectivity index (χ1) is 13.0. The Balaban J connectivity index is 1.50. The zero-order valence-electron chi connectivity index (χ0n) is 16.9. The molecule has 1 amide bonds. The zero-order valence-corrected chi connectivity index (χ0v) is 16.9. The summed E-state index contributed by atoms with van der Waals surface area (Å²) < 4.78 is 2.29. The molecular weight excluding hydrogens is 336 g/mol. The summed E-state index contributed by atoms with van der Waals surface area (Å²) >= 11 is 0. The van der Waals surface area contributed by atoms with Crippen molar-refractivity contribution in [2.24, 2.45) is 0 Å². The lowest BCUT2D eigenvalue weighted by Crippen LogP contribution is -2.60. The molecule has 0 saturated carbocycles. The molecule has 0 aliphatic carbocycles. The minimum atomic E-state index is 0.133. The number of aryl methyl sites for hydroxylation is 1. The average Bonchev–Trinajstić information content (AvgIpc) is 3.03. The molecule has 0 bridgehead atoms. The predicted octanol–water partition coefficient (Wildman–Crippen LogP) is 2.79. The van der Waals surface area contributed by atoms with E-state index >= 15 is 0 Å². The molecule has 3 heterocycles. The molecule has 2 saturated heterocycles. The van der Waals surface area contributed by atoms with Gasteiger partial charge in [0.2, 0.25) is 5.91 Å². The second-order valence-electron chi connectivity index (χ2n) is 8.42. The number of carbonyl (C=O) groups excluding carboxylic acids is 1. The molecule has 1 aromatic carbocycles. The molecule has 5 heteroatoms. The topological polar surface area (TPSA) is 31.7 Å². The van der Waals surface area contributed by atoms with Crippen molar-refractivity contribution < 1.29 is 4.79 Å². The van der Waals surface area contributed by atoms with E-state index in [1.165, 1.54) is 16.5 Å². The maximum absolute atomic E-state index is 12.2. The maximum atomic E-state index is 12.2. The monoisotopic (exact) mass is 368 g/mol. The lowest BCUT2D eigenvalue weighted by molar-refractivity contribution is -0.129. The summed E-state index contributed by atoms with van der Waals surface area (Å²) in [6, 6.07) is 9.11. The number of aromatic nitrogens is 1. The van der Waals surface area contributed by atoms with Gasteiger partial charge in [0.1, 0.15) is 0 Å². The minimum Gasteiger partial charge on any atom is -0.348 e. The van der Waals surface area contributed by atoms with E-state index in [0.29, 0.717) is 12.3 Å². The first kappa shape index (κ1) is 18.5. The minimum absolute atomic E-state index is 0.133. The van der Waals surface area contributed by atoms with Crippen LogP contribution in [0.4, 0.5) is 0 Å². The molecule has 1 aromatic heterocycles. The quantitative estimate of drug-likeness (QED) is 0.835. The van der Waals surface area contributed by atoms with E-state index in [1.54, 1.807) is 0 Å². The van der Waals surface area contributed by atoms with Crippen molar-refractivity contribution in [1.29, 1.82) is 0 Å². The summed E-state index contributed by atoms with van der Waals surface area (Å²) in [6.45, 7) is 8.28. The molecule has 0 unspecified atom stereocenters. The van der Waals surface area contributed by atoms with Crippen molar-refractivity contribution in [3.63, 3.8) is 0 Å². The van der Waals surface area contributed by atoms with Crippen molar-refractivity contribution in [2.45, 2.75) is 44.8 Å². The van der Waals surface area contributed by atoms with Gasteiger partial charge in [0.05, 0.1) is 0 Å². The highest BCUT2D eigenvalue weighted by molar-refractivity contribution is 5.80. The first-order valence-electron chi connectivity index (χ1n) is 10.3. The van der Waals surface area contributed by atoms with E-state index < -0.39 is 0 Å². The number of fused-ring (bicyclic) bond motifs is 1. The van der Waals surface area contributed by atoms with Crippen LogP contribution >= 0.6 is 0 Å². The molecule has 2 fully saturated rings. The summed E-state index contributed by atoms with van der Waals surface area (Å²) in [5, 5.41) is 1.33. The lowest BCUT2D eigenvalue weighted by Gasteiger charge is -2.49. The third-order valence-electron chi connectivity index (χ3n) is 6.80. The molecule has 0 N–H and O–H groups in total. The molecule has 27 heavy (non-hydrogen) atoms. The van der Waals surface area contributed by atoms with Gasteiger partial charge in [0.15, 0.2) is 0 Å². The van der Waals surface area contributed by atoms with Gasteiger partial charge in [0, 0.05) is 70.0 Å². The number of hydrogen-bond donors (Lipinski definition) is 0. The van der Waals surface area contributed by atoms with Crippen LogP contribution in [-0.4, -0.2) is 71.0 Å². The smallest absolute Gasteiger partial charge is 0.222 e. The molecule has 5 nitrogen and oxygen atoms in total. The van der Waals surface area contributed by atoms with Crippen LogP contribution in [0, 0.1) is 0 Å². The van der Waals surface area contributed by atoms with E-state index in [1.807, 2.05) is 11.9 Å². The summed E-state index contributed by atoms with van der Waals surface area (Å²) in [4.78, 5) is 19.2. The fourth-order valence-corrected chi connectivity index (χ4v) is 4.86. The number of likely N-dealkylation sites (tertiary alicyclic amines) is 1. The Kier molecular flexibility index (Phi) is 4.99.